The molecule has 30 heavy (non-hydrogen) atoms. The number of carbonyl (C=O) groups is 3. The summed E-state index contributed by atoms with van der Waals surface area (Å²) in [6.07, 6.45) is 1.05. The molecular weight excluding hydrogens is 390 g/mol. The zero-order chi connectivity index (χ0) is 21.8. The van der Waals surface area contributed by atoms with Gasteiger partial charge in [0.1, 0.15) is 17.9 Å². The highest BCUT2D eigenvalue weighted by Crippen LogP contribution is 2.15. The minimum atomic E-state index is -0.548. The number of carbonyl (C=O) groups excluding carboxylic acids is 3. The van der Waals surface area contributed by atoms with Crippen LogP contribution in [-0.4, -0.2) is 44.3 Å². The molecule has 0 fully saturated rings. The fourth-order valence-corrected chi connectivity index (χ4v) is 2.22. The molecule has 0 aromatic heterocycles. The van der Waals surface area contributed by atoms with Crippen molar-refractivity contribution < 1.29 is 28.6 Å². The van der Waals surface area contributed by atoms with Gasteiger partial charge in [0, 0.05) is 5.69 Å². The molecule has 9 heteroatoms. The molecule has 0 radical (unpaired) electrons. The average molecular weight is 413 g/mol. The molecule has 0 spiro atoms. The molecule has 0 aliphatic carbocycles. The molecule has 2 amide bonds. The topological polar surface area (TPSA) is 115 Å². The number of rotatable bonds is 10. The maximum atomic E-state index is 11.9. The van der Waals surface area contributed by atoms with Gasteiger partial charge in [0.2, 0.25) is 11.8 Å². The van der Waals surface area contributed by atoms with Gasteiger partial charge >= 0.3 is 5.97 Å². The lowest BCUT2D eigenvalue weighted by molar-refractivity contribution is -0.143. The van der Waals surface area contributed by atoms with Crippen molar-refractivity contribution in [3.63, 3.8) is 0 Å². The number of anilines is 1. The third kappa shape index (κ3) is 8.01. The molecule has 0 aliphatic heterocycles. The van der Waals surface area contributed by atoms with Crippen LogP contribution in [0.3, 0.4) is 0 Å². The number of esters is 1. The number of methoxy groups -OCH3 is 1. The Labute approximate surface area is 174 Å². The summed E-state index contributed by atoms with van der Waals surface area (Å²) >= 11 is 0. The van der Waals surface area contributed by atoms with Gasteiger partial charge in [-0.1, -0.05) is 0 Å². The van der Waals surface area contributed by atoms with E-state index >= 15 is 0 Å². The van der Waals surface area contributed by atoms with E-state index in [2.05, 4.69) is 20.6 Å². The number of nitrogens with zero attached hydrogens (tertiary/aromatic N) is 1. The molecule has 2 aromatic rings. The number of ether oxygens (including phenoxy) is 3. The highest BCUT2D eigenvalue weighted by molar-refractivity contribution is 6.03. The van der Waals surface area contributed by atoms with Crippen molar-refractivity contribution in [2.75, 3.05) is 25.6 Å². The van der Waals surface area contributed by atoms with Gasteiger partial charge in [0.15, 0.2) is 6.61 Å². The van der Waals surface area contributed by atoms with E-state index in [9.17, 15) is 14.4 Å². The van der Waals surface area contributed by atoms with Crippen molar-refractivity contribution in [3.8, 4) is 11.5 Å². The van der Waals surface area contributed by atoms with Gasteiger partial charge < -0.3 is 19.5 Å². The van der Waals surface area contributed by atoms with Crippen LogP contribution in [0, 0.1) is 0 Å². The van der Waals surface area contributed by atoms with E-state index in [1.807, 2.05) is 6.92 Å². The predicted molar refractivity (Wildman–Crippen MR) is 111 cm³/mol. The first-order valence-electron chi connectivity index (χ1n) is 9.14. The third-order valence-electron chi connectivity index (χ3n) is 3.64. The summed E-state index contributed by atoms with van der Waals surface area (Å²) in [6, 6.07) is 13.5. The Kier molecular flexibility index (Phi) is 8.85. The lowest BCUT2D eigenvalue weighted by Crippen LogP contribution is -2.24. The van der Waals surface area contributed by atoms with Crippen molar-refractivity contribution in [2.45, 2.75) is 13.3 Å². The second-order valence-corrected chi connectivity index (χ2v) is 5.91. The molecule has 0 saturated heterocycles. The van der Waals surface area contributed by atoms with E-state index in [-0.39, 0.29) is 13.0 Å². The Morgan fingerprint density at radius 3 is 2.20 bits per heavy atom. The standard InChI is InChI=1S/C21H23N3O6/c1-3-29-17-10-6-16(7-11-17)23-19(25)12-20(26)24-22-13-15-4-8-18(9-5-15)30-14-21(27)28-2/h4-11,13H,3,12,14H2,1-2H3,(H,23,25)(H,24,26). The Morgan fingerprint density at radius 2 is 1.57 bits per heavy atom. The third-order valence-corrected chi connectivity index (χ3v) is 3.64. The molecular formula is C21H23N3O6. The van der Waals surface area contributed by atoms with E-state index in [4.69, 9.17) is 9.47 Å². The van der Waals surface area contributed by atoms with Crippen LogP contribution in [0.4, 0.5) is 5.69 Å². The number of amides is 2. The van der Waals surface area contributed by atoms with Gasteiger partial charge in [-0.2, -0.15) is 5.10 Å². The summed E-state index contributed by atoms with van der Waals surface area (Å²) in [6.45, 7) is 2.26. The monoisotopic (exact) mass is 413 g/mol. The molecule has 9 nitrogen and oxygen atoms in total. The minimum Gasteiger partial charge on any atom is -0.494 e. The van der Waals surface area contributed by atoms with E-state index in [0.717, 1.165) is 0 Å². The highest BCUT2D eigenvalue weighted by Gasteiger charge is 2.09. The molecule has 0 aliphatic rings. The zero-order valence-electron chi connectivity index (χ0n) is 16.7. The summed E-state index contributed by atoms with van der Waals surface area (Å²) in [5.41, 5.74) is 3.55. The number of hydrogen-bond donors (Lipinski definition) is 2. The van der Waals surface area contributed by atoms with Gasteiger partial charge in [-0.3, -0.25) is 9.59 Å². The van der Waals surface area contributed by atoms with Gasteiger partial charge in [0.05, 0.1) is 19.9 Å². The van der Waals surface area contributed by atoms with Gasteiger partial charge in [-0.25, -0.2) is 10.2 Å². The molecule has 0 heterocycles. The Balaban J connectivity index is 1.74. The van der Waals surface area contributed by atoms with Crippen LogP contribution in [0.25, 0.3) is 0 Å². The van der Waals surface area contributed by atoms with Crippen LogP contribution in [-0.2, 0) is 19.1 Å². The summed E-state index contributed by atoms with van der Waals surface area (Å²) in [4.78, 5) is 34.8. The predicted octanol–water partition coefficient (Wildman–Crippen LogP) is 2.12. The van der Waals surface area contributed by atoms with Crippen molar-refractivity contribution in [1.82, 2.24) is 5.43 Å². The average Bonchev–Trinajstić information content (AvgIpc) is 2.74. The zero-order valence-corrected chi connectivity index (χ0v) is 16.7. The fourth-order valence-electron chi connectivity index (χ4n) is 2.22. The van der Waals surface area contributed by atoms with E-state index < -0.39 is 17.8 Å². The smallest absolute Gasteiger partial charge is 0.343 e. The first-order chi connectivity index (χ1) is 14.5. The molecule has 0 unspecified atom stereocenters. The first-order valence-corrected chi connectivity index (χ1v) is 9.14. The van der Waals surface area contributed by atoms with E-state index in [1.165, 1.54) is 13.3 Å². The van der Waals surface area contributed by atoms with Crippen LogP contribution < -0.4 is 20.2 Å². The van der Waals surface area contributed by atoms with Gasteiger partial charge in [-0.15, -0.1) is 0 Å². The van der Waals surface area contributed by atoms with E-state index in [0.29, 0.717) is 29.4 Å². The quantitative estimate of drug-likeness (QED) is 0.267. The largest absolute Gasteiger partial charge is 0.494 e. The maximum absolute atomic E-state index is 11.9. The molecule has 158 valence electrons. The van der Waals surface area contributed by atoms with Gasteiger partial charge in [0.25, 0.3) is 0 Å². The number of hydrazone groups is 1. The Hall–Kier alpha value is -3.88. The number of hydrogen-bond acceptors (Lipinski definition) is 7. The Morgan fingerprint density at radius 1 is 0.933 bits per heavy atom. The second kappa shape index (κ2) is 11.8. The molecule has 0 saturated carbocycles. The van der Waals surface area contributed by atoms with Crippen molar-refractivity contribution in [2.24, 2.45) is 5.10 Å². The molecule has 2 rings (SSSR count). The van der Waals surface area contributed by atoms with Crippen molar-refractivity contribution in [1.29, 1.82) is 0 Å². The summed E-state index contributed by atoms with van der Waals surface area (Å²) in [7, 11) is 1.28. The maximum Gasteiger partial charge on any atom is 0.343 e. The SMILES string of the molecule is CCOc1ccc(NC(=O)CC(=O)NN=Cc2ccc(OCC(=O)OC)cc2)cc1. The van der Waals surface area contributed by atoms with Crippen LogP contribution in [0.2, 0.25) is 0 Å². The van der Waals surface area contributed by atoms with E-state index in [1.54, 1.807) is 48.5 Å². The Bertz CT molecular complexity index is 879. The fraction of sp³-hybridized carbons (Fsp3) is 0.238. The van der Waals surface area contributed by atoms with Crippen LogP contribution in [0.5, 0.6) is 11.5 Å². The molecule has 2 aromatic carbocycles. The van der Waals surface area contributed by atoms with Crippen LogP contribution >= 0.6 is 0 Å². The second-order valence-electron chi connectivity index (χ2n) is 5.91. The van der Waals surface area contributed by atoms with Crippen LogP contribution in [0.1, 0.15) is 18.9 Å². The summed E-state index contributed by atoms with van der Waals surface area (Å²) in [5, 5.41) is 6.44. The van der Waals surface area contributed by atoms with Crippen molar-refractivity contribution in [3.05, 3.63) is 54.1 Å². The summed E-state index contributed by atoms with van der Waals surface area (Å²) in [5.74, 6) is -0.292. The summed E-state index contributed by atoms with van der Waals surface area (Å²) < 4.78 is 15.0. The number of nitrogens with one attached hydrogen (secondary N) is 2. The normalized spacial score (nSPS) is 10.3. The lowest BCUT2D eigenvalue weighted by atomic mass is 10.2. The minimum absolute atomic E-state index is 0.182. The lowest BCUT2D eigenvalue weighted by Gasteiger charge is -2.06. The molecule has 0 atom stereocenters. The van der Waals surface area contributed by atoms with Crippen molar-refractivity contribution >= 4 is 29.7 Å². The van der Waals surface area contributed by atoms with Gasteiger partial charge in [-0.05, 0) is 61.0 Å². The first kappa shape index (κ1) is 22.4. The van der Waals surface area contributed by atoms with Crippen LogP contribution in [0.15, 0.2) is 53.6 Å². The molecule has 0 bridgehead atoms. The highest BCUT2D eigenvalue weighted by atomic mass is 16.6. The number of benzene rings is 2. The molecule has 2 N–H and O–H groups in total.